The molecule has 2 heteroatoms. The summed E-state index contributed by atoms with van der Waals surface area (Å²) in [6, 6.07) is 2.12. The van der Waals surface area contributed by atoms with Gasteiger partial charge in [0.15, 0.2) is 0 Å². The monoisotopic (exact) mass is 212 g/mol. The molecule has 4 unspecified atom stereocenters. The summed E-state index contributed by atoms with van der Waals surface area (Å²) in [5, 5.41) is 3.62. The first-order valence-corrected chi connectivity index (χ1v) is 6.59. The van der Waals surface area contributed by atoms with Crippen molar-refractivity contribution in [2.45, 2.75) is 65.6 Å². The SMILES string of the molecule is CCC1CN(C(C)C(C)CC)C(C)CN1. The Kier molecular flexibility index (Phi) is 5.07. The van der Waals surface area contributed by atoms with E-state index in [9.17, 15) is 0 Å². The van der Waals surface area contributed by atoms with Crippen LogP contribution in [0.2, 0.25) is 0 Å². The maximum atomic E-state index is 3.62. The van der Waals surface area contributed by atoms with Crippen molar-refractivity contribution in [1.82, 2.24) is 10.2 Å². The van der Waals surface area contributed by atoms with Crippen LogP contribution in [0.25, 0.3) is 0 Å². The first kappa shape index (κ1) is 13.0. The van der Waals surface area contributed by atoms with Gasteiger partial charge in [-0.3, -0.25) is 4.90 Å². The maximum absolute atomic E-state index is 3.62. The van der Waals surface area contributed by atoms with Crippen molar-refractivity contribution in [2.24, 2.45) is 5.92 Å². The maximum Gasteiger partial charge on any atom is 0.0196 e. The van der Waals surface area contributed by atoms with Crippen LogP contribution in [0.1, 0.15) is 47.5 Å². The minimum atomic E-state index is 0.691. The van der Waals surface area contributed by atoms with E-state index < -0.39 is 0 Å². The van der Waals surface area contributed by atoms with Gasteiger partial charge in [-0.25, -0.2) is 0 Å². The molecular formula is C13H28N2. The van der Waals surface area contributed by atoms with E-state index in [2.05, 4.69) is 44.8 Å². The number of nitrogens with zero attached hydrogens (tertiary/aromatic N) is 1. The van der Waals surface area contributed by atoms with Gasteiger partial charge < -0.3 is 5.32 Å². The van der Waals surface area contributed by atoms with Crippen LogP contribution in [0.5, 0.6) is 0 Å². The molecule has 15 heavy (non-hydrogen) atoms. The molecule has 0 aromatic carbocycles. The molecule has 1 fully saturated rings. The molecule has 0 spiro atoms. The second kappa shape index (κ2) is 5.86. The summed E-state index contributed by atoms with van der Waals surface area (Å²) in [4.78, 5) is 2.69. The summed E-state index contributed by atoms with van der Waals surface area (Å²) in [5.74, 6) is 0.808. The van der Waals surface area contributed by atoms with Crippen LogP contribution in [0.3, 0.4) is 0 Å². The third-order valence-electron chi connectivity index (χ3n) is 4.18. The summed E-state index contributed by atoms with van der Waals surface area (Å²) in [5.41, 5.74) is 0. The van der Waals surface area contributed by atoms with Crippen LogP contribution >= 0.6 is 0 Å². The van der Waals surface area contributed by atoms with Gasteiger partial charge in [-0.15, -0.1) is 0 Å². The highest BCUT2D eigenvalue weighted by Gasteiger charge is 2.29. The highest BCUT2D eigenvalue weighted by molar-refractivity contribution is 4.87. The van der Waals surface area contributed by atoms with Crippen LogP contribution in [0.4, 0.5) is 0 Å². The van der Waals surface area contributed by atoms with Crippen LogP contribution in [-0.2, 0) is 0 Å². The zero-order valence-corrected chi connectivity index (χ0v) is 11.1. The van der Waals surface area contributed by atoms with Crippen molar-refractivity contribution in [2.75, 3.05) is 13.1 Å². The van der Waals surface area contributed by atoms with E-state index in [4.69, 9.17) is 0 Å². The lowest BCUT2D eigenvalue weighted by Crippen LogP contribution is -2.58. The highest BCUT2D eigenvalue weighted by atomic mass is 15.2. The van der Waals surface area contributed by atoms with Gasteiger partial charge in [0.25, 0.3) is 0 Å². The van der Waals surface area contributed by atoms with E-state index >= 15 is 0 Å². The van der Waals surface area contributed by atoms with Gasteiger partial charge in [0.1, 0.15) is 0 Å². The second-order valence-corrected chi connectivity index (χ2v) is 5.19. The summed E-state index contributed by atoms with van der Waals surface area (Å²) in [7, 11) is 0. The van der Waals surface area contributed by atoms with Gasteiger partial charge >= 0.3 is 0 Å². The quantitative estimate of drug-likeness (QED) is 0.770. The molecule has 90 valence electrons. The van der Waals surface area contributed by atoms with Gasteiger partial charge in [-0.2, -0.15) is 0 Å². The molecule has 1 aliphatic rings. The number of hydrogen-bond donors (Lipinski definition) is 1. The molecular weight excluding hydrogens is 184 g/mol. The number of piperazine rings is 1. The van der Waals surface area contributed by atoms with Gasteiger partial charge in [0, 0.05) is 31.2 Å². The molecule has 0 amide bonds. The van der Waals surface area contributed by atoms with Crippen molar-refractivity contribution >= 4 is 0 Å². The zero-order chi connectivity index (χ0) is 11.4. The number of nitrogens with one attached hydrogen (secondary N) is 1. The molecule has 1 rings (SSSR count). The van der Waals surface area contributed by atoms with Crippen LogP contribution < -0.4 is 5.32 Å². The summed E-state index contributed by atoms with van der Waals surface area (Å²) < 4.78 is 0. The normalized spacial score (nSPS) is 32.6. The number of hydrogen-bond acceptors (Lipinski definition) is 2. The van der Waals surface area contributed by atoms with Crippen LogP contribution in [-0.4, -0.2) is 36.1 Å². The van der Waals surface area contributed by atoms with E-state index in [1.807, 2.05) is 0 Å². The molecule has 0 bridgehead atoms. The standard InChI is InChI=1S/C13H28N2/c1-6-10(3)12(5)15-9-13(7-2)14-8-11(15)4/h10-14H,6-9H2,1-5H3. The summed E-state index contributed by atoms with van der Waals surface area (Å²) >= 11 is 0. The molecule has 1 aliphatic heterocycles. The fourth-order valence-corrected chi connectivity index (χ4v) is 2.46. The average Bonchev–Trinajstić information content (AvgIpc) is 2.27. The Labute approximate surface area is 95.4 Å². The Balaban J connectivity index is 2.56. The third kappa shape index (κ3) is 3.18. The first-order valence-electron chi connectivity index (χ1n) is 6.59. The third-order valence-corrected chi connectivity index (χ3v) is 4.18. The molecule has 0 aliphatic carbocycles. The van der Waals surface area contributed by atoms with Gasteiger partial charge in [-0.1, -0.05) is 27.2 Å². The lowest BCUT2D eigenvalue weighted by molar-refractivity contribution is 0.0701. The van der Waals surface area contributed by atoms with Crippen molar-refractivity contribution in [3.05, 3.63) is 0 Å². The molecule has 0 aromatic heterocycles. The zero-order valence-electron chi connectivity index (χ0n) is 11.1. The minimum absolute atomic E-state index is 0.691. The minimum Gasteiger partial charge on any atom is -0.311 e. The van der Waals surface area contributed by atoms with Gasteiger partial charge in [-0.05, 0) is 26.2 Å². The van der Waals surface area contributed by atoms with E-state index in [1.54, 1.807) is 0 Å². The average molecular weight is 212 g/mol. The Morgan fingerprint density at radius 1 is 1.33 bits per heavy atom. The van der Waals surface area contributed by atoms with Crippen molar-refractivity contribution in [3.63, 3.8) is 0 Å². The lowest BCUT2D eigenvalue weighted by Gasteiger charge is -2.44. The molecule has 1 saturated heterocycles. The van der Waals surface area contributed by atoms with E-state index in [0.717, 1.165) is 18.5 Å². The van der Waals surface area contributed by atoms with Crippen molar-refractivity contribution in [3.8, 4) is 0 Å². The summed E-state index contributed by atoms with van der Waals surface area (Å²) in [6.45, 7) is 14.1. The predicted octanol–water partition coefficient (Wildman–Crippen LogP) is 2.49. The smallest absolute Gasteiger partial charge is 0.0196 e. The largest absolute Gasteiger partial charge is 0.311 e. The fraction of sp³-hybridized carbons (Fsp3) is 1.00. The second-order valence-electron chi connectivity index (χ2n) is 5.19. The van der Waals surface area contributed by atoms with E-state index in [-0.39, 0.29) is 0 Å². The van der Waals surface area contributed by atoms with E-state index in [1.165, 1.54) is 19.4 Å². The van der Waals surface area contributed by atoms with Crippen molar-refractivity contribution < 1.29 is 0 Å². The molecule has 4 atom stereocenters. The van der Waals surface area contributed by atoms with Crippen LogP contribution in [0, 0.1) is 5.92 Å². The Bertz CT molecular complexity index is 179. The molecule has 0 aromatic rings. The predicted molar refractivity (Wildman–Crippen MR) is 67.2 cm³/mol. The van der Waals surface area contributed by atoms with Crippen molar-refractivity contribution in [1.29, 1.82) is 0 Å². The van der Waals surface area contributed by atoms with Crippen LogP contribution in [0.15, 0.2) is 0 Å². The molecule has 0 radical (unpaired) electrons. The van der Waals surface area contributed by atoms with Gasteiger partial charge in [0.2, 0.25) is 0 Å². The molecule has 2 nitrogen and oxygen atoms in total. The highest BCUT2D eigenvalue weighted by Crippen LogP contribution is 2.19. The molecule has 1 N–H and O–H groups in total. The number of rotatable bonds is 4. The lowest BCUT2D eigenvalue weighted by atomic mass is 9.95. The topological polar surface area (TPSA) is 15.3 Å². The summed E-state index contributed by atoms with van der Waals surface area (Å²) in [6.07, 6.45) is 2.53. The fourth-order valence-electron chi connectivity index (χ4n) is 2.46. The molecule has 0 saturated carbocycles. The Morgan fingerprint density at radius 3 is 2.53 bits per heavy atom. The Morgan fingerprint density at radius 2 is 2.00 bits per heavy atom. The van der Waals surface area contributed by atoms with E-state index in [0.29, 0.717) is 12.1 Å². The Hall–Kier alpha value is -0.0800. The van der Waals surface area contributed by atoms with Gasteiger partial charge in [0.05, 0.1) is 0 Å². The first-order chi connectivity index (χ1) is 7.10. The molecule has 1 heterocycles.